The van der Waals surface area contributed by atoms with E-state index in [1.54, 1.807) is 0 Å². The summed E-state index contributed by atoms with van der Waals surface area (Å²) in [5, 5.41) is 9.36. The van der Waals surface area contributed by atoms with Gasteiger partial charge in [-0.3, -0.25) is 0 Å². The van der Waals surface area contributed by atoms with Crippen molar-refractivity contribution >= 4 is 27.2 Å². The maximum absolute atomic E-state index is 9.36. The first-order chi connectivity index (χ1) is 6.73. The van der Waals surface area contributed by atoms with Crippen LogP contribution >= 0.6 is 7.58 Å². The Morgan fingerprint density at radius 1 is 1.71 bits per heavy atom. The maximum atomic E-state index is 9.36. The van der Waals surface area contributed by atoms with Gasteiger partial charge in [0.15, 0.2) is 0 Å². The number of fused-ring (bicyclic) bond motifs is 2. The molecule has 0 spiro atoms. The van der Waals surface area contributed by atoms with Crippen molar-refractivity contribution < 1.29 is 19.1 Å². The van der Waals surface area contributed by atoms with Gasteiger partial charge in [0.25, 0.3) is 0 Å². The number of aliphatic hydroxyl groups excluding tert-OH is 1. The molecule has 2 rings (SSSR count). The Labute approximate surface area is 90.2 Å². The topological polar surface area (TPSA) is 47.9 Å². The predicted octanol–water partition coefficient (Wildman–Crippen LogP) is -0.938. The predicted molar refractivity (Wildman–Crippen MR) is 56.7 cm³/mol. The minimum atomic E-state index is -0.686. The van der Waals surface area contributed by atoms with Crippen molar-refractivity contribution in [1.82, 2.24) is 0 Å². The second-order valence-corrected chi connectivity index (χ2v) is 4.63. The number of rotatable bonds is 3. The molecule has 14 heavy (non-hydrogen) atoms. The first kappa shape index (κ1) is 10.9. The van der Waals surface area contributed by atoms with E-state index in [0.29, 0.717) is 20.8 Å². The van der Waals surface area contributed by atoms with Gasteiger partial charge in [-0.2, -0.15) is 0 Å². The van der Waals surface area contributed by atoms with Gasteiger partial charge in [0.05, 0.1) is 19.8 Å². The highest BCUT2D eigenvalue weighted by atomic mass is 32.4. The van der Waals surface area contributed by atoms with Gasteiger partial charge in [-0.25, -0.2) is 0 Å². The summed E-state index contributed by atoms with van der Waals surface area (Å²) in [6.45, 7) is 0.932. The minimum Gasteiger partial charge on any atom is -0.393 e. The van der Waals surface area contributed by atoms with Crippen LogP contribution in [0.5, 0.6) is 0 Å². The van der Waals surface area contributed by atoms with E-state index >= 15 is 0 Å². The van der Waals surface area contributed by atoms with Crippen molar-refractivity contribution in [2.24, 2.45) is 5.92 Å². The Morgan fingerprint density at radius 3 is 3.14 bits per heavy atom. The third-order valence-electron chi connectivity index (χ3n) is 3.01. The molecule has 2 aliphatic rings. The molecule has 2 aliphatic heterocycles. The molecule has 0 aromatic rings. The van der Waals surface area contributed by atoms with Crippen molar-refractivity contribution in [3.05, 3.63) is 0 Å². The zero-order valence-corrected chi connectivity index (χ0v) is 9.59. The smallest absolute Gasteiger partial charge is 0.141 e. The fraction of sp³-hybridized carbons (Fsp3) is 1.00. The van der Waals surface area contributed by atoms with Crippen LogP contribution in [0.25, 0.3) is 0 Å². The third kappa shape index (κ3) is 1.54. The van der Waals surface area contributed by atoms with Crippen molar-refractivity contribution in [3.63, 3.8) is 0 Å². The molecule has 0 radical (unpaired) electrons. The molecule has 4 atom stereocenters. The number of hydrogen-bond acceptors (Lipinski definition) is 5. The van der Waals surface area contributed by atoms with Crippen LogP contribution in [0.1, 0.15) is 0 Å². The number of aliphatic hydroxyl groups is 1. The first-order valence-corrected chi connectivity index (χ1v) is 6.41. The minimum absolute atomic E-state index is 0.0615. The molecule has 0 aromatic heterocycles. The van der Waals surface area contributed by atoms with Crippen LogP contribution < -0.4 is 0 Å². The normalized spacial score (nSPS) is 47.1. The Morgan fingerprint density at radius 2 is 2.50 bits per heavy atom. The van der Waals surface area contributed by atoms with Gasteiger partial charge in [-0.05, 0) is 11.8 Å². The average Bonchev–Trinajstić information content (AvgIpc) is 2.35. The van der Waals surface area contributed by atoms with Crippen LogP contribution in [-0.2, 0) is 25.8 Å². The largest absolute Gasteiger partial charge is 0.393 e. The first-order valence-electron chi connectivity index (χ1n) is 4.58. The molecule has 1 unspecified atom stereocenters. The van der Waals surface area contributed by atoms with Crippen LogP contribution in [0.3, 0.4) is 0 Å². The van der Waals surface area contributed by atoms with Gasteiger partial charge < -0.3 is 19.1 Å². The lowest BCUT2D eigenvalue weighted by Gasteiger charge is -2.35. The molecule has 4 nitrogen and oxygen atoms in total. The molecule has 1 N–H and O–H groups in total. The van der Waals surface area contributed by atoms with Crippen molar-refractivity contribution in [2.75, 3.05) is 19.8 Å². The number of hydrogen-bond donors (Lipinski definition) is 1. The van der Waals surface area contributed by atoms with Gasteiger partial charge in [-0.1, -0.05) is 0 Å². The summed E-state index contributed by atoms with van der Waals surface area (Å²) < 4.78 is 16.6. The van der Waals surface area contributed by atoms with Crippen LogP contribution in [0, 0.1) is 5.92 Å². The van der Waals surface area contributed by atoms with E-state index in [9.17, 15) is 5.11 Å². The standard InChI is InChI=1S/C7H12BO4PS/c8-6-4-1-10-3-7(2-9,11-6)5(4)12-13-14/h4-6,9H,1-3,8H2/t4?,5-,6-,7+/m1/s1. The third-order valence-corrected chi connectivity index (χ3v) is 3.58. The lowest BCUT2D eigenvalue weighted by atomic mass is 9.81. The Balaban J connectivity index is 2.23. The van der Waals surface area contributed by atoms with Crippen LogP contribution in [-0.4, -0.2) is 50.5 Å². The van der Waals surface area contributed by atoms with Gasteiger partial charge in [-0.15, -0.1) is 0 Å². The van der Waals surface area contributed by atoms with E-state index in [1.165, 1.54) is 0 Å². The van der Waals surface area contributed by atoms with Crippen molar-refractivity contribution in [3.8, 4) is 0 Å². The Bertz CT molecular complexity index is 244. The van der Waals surface area contributed by atoms with Crippen LogP contribution in [0.2, 0.25) is 0 Å². The fourth-order valence-corrected chi connectivity index (χ4v) is 2.98. The Kier molecular flexibility index (Phi) is 3.22. The summed E-state index contributed by atoms with van der Waals surface area (Å²) >= 11 is 4.77. The summed E-state index contributed by atoms with van der Waals surface area (Å²) in [5.41, 5.74) is -0.686. The molecule has 0 aromatic carbocycles. The molecule has 2 bridgehead atoms. The summed E-state index contributed by atoms with van der Waals surface area (Å²) in [5.74, 6) is 0.186. The summed E-state index contributed by atoms with van der Waals surface area (Å²) in [6.07, 6.45) is -0.129. The highest BCUT2D eigenvalue weighted by Gasteiger charge is 2.57. The molecule has 2 saturated heterocycles. The van der Waals surface area contributed by atoms with Gasteiger partial charge in [0.1, 0.15) is 27.1 Å². The Hall–Kier alpha value is 0.425. The molecule has 0 amide bonds. The lowest BCUT2D eigenvalue weighted by Crippen LogP contribution is -2.53. The van der Waals surface area contributed by atoms with Crippen LogP contribution in [0.15, 0.2) is 0 Å². The summed E-state index contributed by atoms with van der Waals surface area (Å²) in [6, 6.07) is 0.0615. The zero-order valence-electron chi connectivity index (χ0n) is 7.88. The van der Waals surface area contributed by atoms with E-state index in [4.69, 9.17) is 25.8 Å². The van der Waals surface area contributed by atoms with Gasteiger partial charge in [0.2, 0.25) is 0 Å². The molecule has 78 valence electrons. The van der Waals surface area contributed by atoms with Crippen molar-refractivity contribution in [1.29, 1.82) is 0 Å². The van der Waals surface area contributed by atoms with Crippen LogP contribution in [0.4, 0.5) is 0 Å². The van der Waals surface area contributed by atoms with Crippen molar-refractivity contribution in [2.45, 2.75) is 17.7 Å². The summed E-state index contributed by atoms with van der Waals surface area (Å²) in [7, 11) is 2.44. The summed E-state index contributed by atoms with van der Waals surface area (Å²) in [4.78, 5) is 0. The van der Waals surface area contributed by atoms with E-state index in [0.717, 1.165) is 0 Å². The fourth-order valence-electron chi connectivity index (χ4n) is 2.26. The highest BCUT2D eigenvalue weighted by molar-refractivity contribution is 7.94. The molecule has 2 heterocycles. The molecule has 0 aliphatic carbocycles. The average molecular weight is 234 g/mol. The monoisotopic (exact) mass is 234 g/mol. The zero-order chi connectivity index (χ0) is 10.2. The molecular weight excluding hydrogens is 222 g/mol. The molecular formula is C7H12BO4PS. The molecule has 0 saturated carbocycles. The second-order valence-electron chi connectivity index (χ2n) is 3.83. The van der Waals surface area contributed by atoms with E-state index in [1.807, 2.05) is 7.85 Å². The molecule has 2 fully saturated rings. The van der Waals surface area contributed by atoms with Gasteiger partial charge >= 0.3 is 0 Å². The number of ether oxygens (including phenoxy) is 2. The quantitative estimate of drug-likeness (QED) is 0.504. The maximum Gasteiger partial charge on any atom is 0.141 e. The SMILES string of the molecule is B[C@@H]1O[C@@]2(CO)COCC1[C@H]2OP=S. The van der Waals surface area contributed by atoms with E-state index in [-0.39, 0.29) is 24.6 Å². The van der Waals surface area contributed by atoms with Gasteiger partial charge in [0, 0.05) is 11.9 Å². The van der Waals surface area contributed by atoms with E-state index < -0.39 is 5.60 Å². The second kappa shape index (κ2) is 4.12. The lowest BCUT2D eigenvalue weighted by molar-refractivity contribution is -0.143. The van der Waals surface area contributed by atoms with E-state index in [2.05, 4.69) is 0 Å². The molecule has 7 heteroatoms. The highest BCUT2D eigenvalue weighted by Crippen LogP contribution is 2.41.